The quantitative estimate of drug-likeness (QED) is 0.498. The van der Waals surface area contributed by atoms with Crippen LogP contribution in [0.4, 0.5) is 0 Å². The number of rotatable bonds is 6. The van der Waals surface area contributed by atoms with Crippen molar-refractivity contribution in [2.24, 2.45) is 0 Å². The number of hydrogen-bond donors (Lipinski definition) is 0. The Labute approximate surface area is 183 Å². The molecule has 8 heteroatoms. The van der Waals surface area contributed by atoms with Crippen LogP contribution in [-0.2, 0) is 21.1 Å². The van der Waals surface area contributed by atoms with Crippen LogP contribution < -0.4 is 0 Å². The zero-order valence-electron chi connectivity index (χ0n) is 16.3. The van der Waals surface area contributed by atoms with Gasteiger partial charge < -0.3 is 4.90 Å². The van der Waals surface area contributed by atoms with Crippen molar-refractivity contribution in [2.45, 2.75) is 24.3 Å². The van der Waals surface area contributed by atoms with Crippen LogP contribution in [0.25, 0.3) is 10.6 Å². The molecule has 1 atom stereocenters. The Hall–Kier alpha value is -2.03. The highest BCUT2D eigenvalue weighted by Crippen LogP contribution is 2.27. The molecular weight excluding hydrogens is 472 g/mol. The van der Waals surface area contributed by atoms with Gasteiger partial charge in [-0.3, -0.25) is 4.79 Å². The molecule has 1 unspecified atom stereocenters. The van der Waals surface area contributed by atoms with Crippen LogP contribution in [0.1, 0.15) is 24.2 Å². The molecule has 0 N–H and O–H groups in total. The van der Waals surface area contributed by atoms with Gasteiger partial charge in [-0.2, -0.15) is 0 Å². The molecule has 1 heterocycles. The number of thiazole rings is 1. The van der Waals surface area contributed by atoms with Gasteiger partial charge in [0.05, 0.1) is 23.1 Å². The Bertz CT molecular complexity index is 1120. The van der Waals surface area contributed by atoms with Crippen molar-refractivity contribution in [3.8, 4) is 10.6 Å². The van der Waals surface area contributed by atoms with Gasteiger partial charge in [-0.15, -0.1) is 11.3 Å². The highest BCUT2D eigenvalue weighted by Gasteiger charge is 2.19. The summed E-state index contributed by atoms with van der Waals surface area (Å²) in [7, 11) is -1.49. The number of likely N-dealkylation sites (N-methyl/N-ethyl adjacent to an activating group) is 1. The lowest BCUT2D eigenvalue weighted by atomic mass is 10.1. The monoisotopic (exact) mass is 492 g/mol. The van der Waals surface area contributed by atoms with Gasteiger partial charge in [0.15, 0.2) is 9.84 Å². The van der Waals surface area contributed by atoms with Crippen molar-refractivity contribution >= 4 is 43.0 Å². The lowest BCUT2D eigenvalue weighted by Gasteiger charge is -2.25. The molecule has 0 spiro atoms. The molecule has 0 aliphatic carbocycles. The van der Waals surface area contributed by atoms with Gasteiger partial charge in [-0.05, 0) is 36.8 Å². The van der Waals surface area contributed by atoms with Gasteiger partial charge in [0, 0.05) is 28.7 Å². The van der Waals surface area contributed by atoms with E-state index in [1.54, 1.807) is 36.2 Å². The van der Waals surface area contributed by atoms with Crippen molar-refractivity contribution in [2.75, 3.05) is 13.3 Å². The standard InChI is InChI=1S/C21H21BrN2O3S2/c1-14(15-7-9-19(10-8-15)29(3,26)27)24(2)20(25)12-18-13-28-21(23-18)16-5-4-6-17(22)11-16/h4-11,13-14H,12H2,1-3H3. The molecule has 0 radical (unpaired) electrons. The molecule has 1 amide bonds. The second kappa shape index (κ2) is 8.77. The van der Waals surface area contributed by atoms with Crippen LogP contribution in [0, 0.1) is 0 Å². The molecule has 0 saturated heterocycles. The third-order valence-corrected chi connectivity index (χ3v) is 7.28. The Kier molecular flexibility index (Phi) is 6.55. The Balaban J connectivity index is 1.69. The van der Waals surface area contributed by atoms with E-state index in [9.17, 15) is 13.2 Å². The second-order valence-corrected chi connectivity index (χ2v) is 10.6. The zero-order valence-corrected chi connectivity index (χ0v) is 19.5. The lowest BCUT2D eigenvalue weighted by molar-refractivity contribution is -0.131. The van der Waals surface area contributed by atoms with Gasteiger partial charge in [0.1, 0.15) is 5.01 Å². The fourth-order valence-electron chi connectivity index (χ4n) is 2.86. The molecule has 0 aliphatic heterocycles. The largest absolute Gasteiger partial charge is 0.339 e. The fraction of sp³-hybridized carbons (Fsp3) is 0.238. The summed E-state index contributed by atoms with van der Waals surface area (Å²) in [5.41, 5.74) is 2.62. The summed E-state index contributed by atoms with van der Waals surface area (Å²) in [6.45, 7) is 1.92. The number of amides is 1. The molecular formula is C21H21BrN2O3S2. The summed E-state index contributed by atoms with van der Waals surface area (Å²) < 4.78 is 24.2. The topological polar surface area (TPSA) is 67.3 Å². The molecule has 0 fully saturated rings. The summed E-state index contributed by atoms with van der Waals surface area (Å²) in [6, 6.07) is 14.4. The van der Waals surface area contributed by atoms with Crippen LogP contribution in [0.3, 0.4) is 0 Å². The first-order valence-corrected chi connectivity index (χ1v) is 12.5. The maximum Gasteiger partial charge on any atom is 0.228 e. The van der Waals surface area contributed by atoms with E-state index in [2.05, 4.69) is 20.9 Å². The summed E-state index contributed by atoms with van der Waals surface area (Å²) in [5.74, 6) is -0.0456. The summed E-state index contributed by atoms with van der Waals surface area (Å²) >= 11 is 4.98. The van der Waals surface area contributed by atoms with Gasteiger partial charge in [0.25, 0.3) is 0 Å². The molecule has 0 bridgehead atoms. The van der Waals surface area contributed by atoms with E-state index in [-0.39, 0.29) is 23.3 Å². The molecule has 1 aromatic heterocycles. The number of benzene rings is 2. The number of carbonyl (C=O) groups excluding carboxylic acids is 1. The third kappa shape index (κ3) is 5.32. The molecule has 0 aliphatic rings. The highest BCUT2D eigenvalue weighted by atomic mass is 79.9. The minimum atomic E-state index is -3.24. The lowest BCUT2D eigenvalue weighted by Crippen LogP contribution is -2.31. The van der Waals surface area contributed by atoms with E-state index in [1.807, 2.05) is 36.6 Å². The van der Waals surface area contributed by atoms with Crippen molar-refractivity contribution in [1.29, 1.82) is 0 Å². The molecule has 5 nitrogen and oxygen atoms in total. The minimum Gasteiger partial charge on any atom is -0.339 e. The van der Waals surface area contributed by atoms with Crippen molar-refractivity contribution < 1.29 is 13.2 Å². The van der Waals surface area contributed by atoms with Crippen LogP contribution >= 0.6 is 27.3 Å². The molecule has 3 aromatic rings. The molecule has 152 valence electrons. The second-order valence-electron chi connectivity index (χ2n) is 6.85. The number of aromatic nitrogens is 1. The summed E-state index contributed by atoms with van der Waals surface area (Å²) in [4.78, 5) is 19.3. The summed E-state index contributed by atoms with van der Waals surface area (Å²) in [6.07, 6.45) is 1.39. The first kappa shape index (κ1) is 21.7. The summed E-state index contributed by atoms with van der Waals surface area (Å²) in [5, 5.41) is 2.79. The van der Waals surface area contributed by atoms with Gasteiger partial charge in [-0.1, -0.05) is 40.2 Å². The third-order valence-electron chi connectivity index (χ3n) is 4.72. The van der Waals surface area contributed by atoms with Crippen molar-refractivity contribution in [3.05, 3.63) is 69.6 Å². The smallest absolute Gasteiger partial charge is 0.228 e. The average molecular weight is 493 g/mol. The zero-order chi connectivity index (χ0) is 21.2. The molecule has 29 heavy (non-hydrogen) atoms. The number of hydrogen-bond acceptors (Lipinski definition) is 5. The van der Waals surface area contributed by atoms with Crippen LogP contribution in [0.2, 0.25) is 0 Å². The Morgan fingerprint density at radius 2 is 1.90 bits per heavy atom. The van der Waals surface area contributed by atoms with Crippen LogP contribution in [0.5, 0.6) is 0 Å². The SMILES string of the molecule is CC(c1ccc(S(C)(=O)=O)cc1)N(C)C(=O)Cc1csc(-c2cccc(Br)c2)n1. The molecule has 0 saturated carbocycles. The minimum absolute atomic E-state index is 0.0456. The van der Waals surface area contributed by atoms with E-state index in [4.69, 9.17) is 0 Å². The normalized spacial score (nSPS) is 12.6. The average Bonchev–Trinajstić information content (AvgIpc) is 3.14. The van der Waals surface area contributed by atoms with E-state index in [0.717, 1.165) is 26.3 Å². The Morgan fingerprint density at radius 3 is 2.52 bits per heavy atom. The van der Waals surface area contributed by atoms with E-state index >= 15 is 0 Å². The number of carbonyl (C=O) groups is 1. The first-order chi connectivity index (χ1) is 13.6. The number of sulfone groups is 1. The first-order valence-electron chi connectivity index (χ1n) is 8.91. The predicted octanol–water partition coefficient (Wildman–Crippen LogP) is 4.74. The van der Waals surface area contributed by atoms with Crippen LogP contribution in [0.15, 0.2) is 63.3 Å². The Morgan fingerprint density at radius 1 is 1.21 bits per heavy atom. The molecule has 3 rings (SSSR count). The maximum absolute atomic E-state index is 12.7. The predicted molar refractivity (Wildman–Crippen MR) is 120 cm³/mol. The number of nitrogens with zero attached hydrogens (tertiary/aromatic N) is 2. The maximum atomic E-state index is 12.7. The molecule has 2 aromatic carbocycles. The van der Waals surface area contributed by atoms with E-state index < -0.39 is 9.84 Å². The van der Waals surface area contributed by atoms with E-state index in [1.165, 1.54) is 17.6 Å². The van der Waals surface area contributed by atoms with Crippen molar-refractivity contribution in [1.82, 2.24) is 9.88 Å². The fourth-order valence-corrected chi connectivity index (χ4v) is 4.70. The van der Waals surface area contributed by atoms with Gasteiger partial charge in [-0.25, -0.2) is 13.4 Å². The van der Waals surface area contributed by atoms with Gasteiger partial charge >= 0.3 is 0 Å². The van der Waals surface area contributed by atoms with Crippen LogP contribution in [-0.4, -0.2) is 37.5 Å². The van der Waals surface area contributed by atoms with Crippen molar-refractivity contribution in [3.63, 3.8) is 0 Å². The van der Waals surface area contributed by atoms with E-state index in [0.29, 0.717) is 0 Å². The number of halogens is 1. The highest BCUT2D eigenvalue weighted by molar-refractivity contribution is 9.10. The van der Waals surface area contributed by atoms with Gasteiger partial charge in [0.2, 0.25) is 5.91 Å².